The van der Waals surface area contributed by atoms with Gasteiger partial charge in [0.1, 0.15) is 5.01 Å². The van der Waals surface area contributed by atoms with E-state index in [1.807, 2.05) is 6.92 Å². The molecular formula is C17H19ClN4O3S. The molecule has 138 valence electrons. The maximum atomic E-state index is 12.5. The van der Waals surface area contributed by atoms with Gasteiger partial charge in [0.15, 0.2) is 0 Å². The lowest BCUT2D eigenvalue weighted by Crippen LogP contribution is -2.28. The van der Waals surface area contributed by atoms with Crippen LogP contribution in [0.5, 0.6) is 0 Å². The van der Waals surface area contributed by atoms with Crippen molar-refractivity contribution in [2.45, 2.75) is 19.8 Å². The van der Waals surface area contributed by atoms with E-state index in [0.29, 0.717) is 36.3 Å². The number of anilines is 2. The number of amides is 2. The number of benzene rings is 1. The second-order valence-corrected chi connectivity index (χ2v) is 7.32. The molecule has 0 radical (unpaired) electrons. The quantitative estimate of drug-likeness (QED) is 0.730. The first-order chi connectivity index (χ1) is 12.6. The summed E-state index contributed by atoms with van der Waals surface area (Å²) in [6, 6.07) is 7.00. The number of carbonyl (C=O) groups is 2. The molecule has 0 spiro atoms. The number of halogens is 1. The zero-order valence-corrected chi connectivity index (χ0v) is 15.8. The number of ether oxygens (including phenoxy) is 1. The van der Waals surface area contributed by atoms with Crippen LogP contribution in [0.2, 0.25) is 5.02 Å². The molecule has 2 heterocycles. The lowest BCUT2D eigenvalue weighted by atomic mass is 10.1. The summed E-state index contributed by atoms with van der Waals surface area (Å²) < 4.78 is 5.28. The minimum atomic E-state index is -0.422. The first-order valence-electron chi connectivity index (χ1n) is 8.33. The van der Waals surface area contributed by atoms with E-state index in [0.717, 1.165) is 10.7 Å². The maximum Gasteiger partial charge on any atom is 0.231 e. The van der Waals surface area contributed by atoms with E-state index >= 15 is 0 Å². The van der Waals surface area contributed by atoms with Crippen LogP contribution in [0.1, 0.15) is 18.4 Å². The minimum absolute atomic E-state index is 0.0814. The highest BCUT2D eigenvalue weighted by Crippen LogP contribution is 2.27. The van der Waals surface area contributed by atoms with Crippen LogP contribution in [-0.4, -0.2) is 41.8 Å². The summed E-state index contributed by atoms with van der Waals surface area (Å²) in [6.45, 7) is 3.50. The van der Waals surface area contributed by atoms with E-state index in [2.05, 4.69) is 15.5 Å². The third-order valence-corrected chi connectivity index (χ3v) is 5.15. The molecule has 0 bridgehead atoms. The van der Waals surface area contributed by atoms with Crippen LogP contribution >= 0.6 is 22.9 Å². The second-order valence-electron chi connectivity index (χ2n) is 5.82. The van der Waals surface area contributed by atoms with Gasteiger partial charge in [-0.1, -0.05) is 22.9 Å². The molecule has 1 aromatic carbocycles. The Balaban J connectivity index is 1.57. The SMILES string of the molecule is CCOCCc1nnc(NC(=O)[C@@H]2CC(=O)N(c3ccc(Cl)cc3)C2)s1. The lowest BCUT2D eigenvalue weighted by Gasteiger charge is -2.16. The van der Waals surface area contributed by atoms with Crippen molar-refractivity contribution in [3.63, 3.8) is 0 Å². The zero-order valence-electron chi connectivity index (χ0n) is 14.3. The van der Waals surface area contributed by atoms with Gasteiger partial charge in [-0.25, -0.2) is 0 Å². The Bertz CT molecular complexity index is 781. The Kier molecular flexibility index (Phi) is 6.18. The summed E-state index contributed by atoms with van der Waals surface area (Å²) in [4.78, 5) is 26.3. The Morgan fingerprint density at radius 1 is 1.38 bits per heavy atom. The zero-order chi connectivity index (χ0) is 18.5. The van der Waals surface area contributed by atoms with Crippen LogP contribution in [0, 0.1) is 5.92 Å². The number of hydrogen-bond donors (Lipinski definition) is 1. The average Bonchev–Trinajstić information content (AvgIpc) is 3.23. The van der Waals surface area contributed by atoms with Gasteiger partial charge in [-0.05, 0) is 31.2 Å². The highest BCUT2D eigenvalue weighted by molar-refractivity contribution is 7.15. The van der Waals surface area contributed by atoms with Crippen molar-refractivity contribution < 1.29 is 14.3 Å². The highest BCUT2D eigenvalue weighted by atomic mass is 35.5. The van der Waals surface area contributed by atoms with Crippen LogP contribution < -0.4 is 10.2 Å². The van der Waals surface area contributed by atoms with E-state index in [1.165, 1.54) is 11.3 Å². The third-order valence-electron chi connectivity index (χ3n) is 4.00. The van der Waals surface area contributed by atoms with Crippen molar-refractivity contribution in [2.75, 3.05) is 30.0 Å². The highest BCUT2D eigenvalue weighted by Gasteiger charge is 2.35. The summed E-state index contributed by atoms with van der Waals surface area (Å²) in [5.74, 6) is -0.724. The molecule has 1 N–H and O–H groups in total. The van der Waals surface area contributed by atoms with Crippen LogP contribution in [-0.2, 0) is 20.7 Å². The van der Waals surface area contributed by atoms with Crippen molar-refractivity contribution >= 4 is 45.6 Å². The third kappa shape index (κ3) is 4.57. The maximum absolute atomic E-state index is 12.5. The lowest BCUT2D eigenvalue weighted by molar-refractivity contribution is -0.122. The van der Waals surface area contributed by atoms with E-state index in [1.54, 1.807) is 29.2 Å². The first kappa shape index (κ1) is 18.8. The fourth-order valence-electron chi connectivity index (χ4n) is 2.67. The van der Waals surface area contributed by atoms with Gasteiger partial charge in [-0.2, -0.15) is 0 Å². The Morgan fingerprint density at radius 2 is 2.15 bits per heavy atom. The number of aromatic nitrogens is 2. The molecule has 1 aliphatic heterocycles. The molecule has 1 saturated heterocycles. The summed E-state index contributed by atoms with van der Waals surface area (Å²) in [5.41, 5.74) is 0.740. The predicted molar refractivity (Wildman–Crippen MR) is 101 cm³/mol. The van der Waals surface area contributed by atoms with E-state index < -0.39 is 5.92 Å². The molecule has 0 unspecified atom stereocenters. The van der Waals surface area contributed by atoms with Crippen LogP contribution in [0.25, 0.3) is 0 Å². The summed E-state index contributed by atoms with van der Waals surface area (Å²) in [6.07, 6.45) is 0.831. The molecule has 1 aliphatic rings. The van der Waals surface area contributed by atoms with Gasteiger partial charge in [0.2, 0.25) is 16.9 Å². The number of hydrogen-bond acceptors (Lipinski definition) is 6. The molecule has 1 aromatic heterocycles. The van der Waals surface area contributed by atoms with Crippen molar-refractivity contribution in [1.29, 1.82) is 0 Å². The van der Waals surface area contributed by atoms with Gasteiger partial charge in [0.05, 0.1) is 12.5 Å². The molecule has 3 rings (SSSR count). The van der Waals surface area contributed by atoms with Gasteiger partial charge >= 0.3 is 0 Å². The minimum Gasteiger partial charge on any atom is -0.381 e. The fraction of sp³-hybridized carbons (Fsp3) is 0.412. The Hall–Kier alpha value is -2.03. The predicted octanol–water partition coefficient (Wildman–Crippen LogP) is 2.76. The van der Waals surface area contributed by atoms with Gasteiger partial charge in [0.25, 0.3) is 0 Å². The van der Waals surface area contributed by atoms with E-state index in [9.17, 15) is 9.59 Å². The van der Waals surface area contributed by atoms with E-state index in [-0.39, 0.29) is 18.2 Å². The van der Waals surface area contributed by atoms with Gasteiger partial charge in [-0.3, -0.25) is 9.59 Å². The second kappa shape index (κ2) is 8.57. The monoisotopic (exact) mass is 394 g/mol. The molecule has 2 aromatic rings. The number of nitrogens with one attached hydrogen (secondary N) is 1. The van der Waals surface area contributed by atoms with Crippen LogP contribution in [0.4, 0.5) is 10.8 Å². The van der Waals surface area contributed by atoms with Crippen molar-refractivity contribution in [1.82, 2.24) is 10.2 Å². The molecule has 2 amide bonds. The van der Waals surface area contributed by atoms with Gasteiger partial charge in [-0.15, -0.1) is 10.2 Å². The normalized spacial score (nSPS) is 16.9. The van der Waals surface area contributed by atoms with Crippen molar-refractivity contribution in [2.24, 2.45) is 5.92 Å². The van der Waals surface area contributed by atoms with Gasteiger partial charge in [0, 0.05) is 36.7 Å². The van der Waals surface area contributed by atoms with Crippen molar-refractivity contribution in [3.05, 3.63) is 34.3 Å². The fourth-order valence-corrected chi connectivity index (χ4v) is 3.52. The average molecular weight is 395 g/mol. The Morgan fingerprint density at radius 3 is 2.88 bits per heavy atom. The summed E-state index contributed by atoms with van der Waals surface area (Å²) in [5, 5.41) is 12.6. The Labute approximate surface area is 160 Å². The molecule has 0 aliphatic carbocycles. The molecule has 1 fully saturated rings. The van der Waals surface area contributed by atoms with Crippen molar-refractivity contribution in [3.8, 4) is 0 Å². The topological polar surface area (TPSA) is 84.4 Å². The first-order valence-corrected chi connectivity index (χ1v) is 9.53. The molecule has 0 saturated carbocycles. The summed E-state index contributed by atoms with van der Waals surface area (Å²) in [7, 11) is 0. The molecular weight excluding hydrogens is 376 g/mol. The molecule has 26 heavy (non-hydrogen) atoms. The van der Waals surface area contributed by atoms with Gasteiger partial charge < -0.3 is 15.0 Å². The largest absolute Gasteiger partial charge is 0.381 e. The number of nitrogens with zero attached hydrogens (tertiary/aromatic N) is 3. The molecule has 7 nitrogen and oxygen atoms in total. The molecule has 9 heteroatoms. The number of carbonyl (C=O) groups excluding carboxylic acids is 2. The standard InChI is InChI=1S/C17H19ClN4O3S/c1-2-25-8-7-14-20-21-17(26-14)19-16(24)11-9-15(23)22(10-11)13-5-3-12(18)4-6-13/h3-6,11H,2,7-10H2,1H3,(H,19,21,24)/t11-/m1/s1. The van der Waals surface area contributed by atoms with Crippen LogP contribution in [0.15, 0.2) is 24.3 Å². The smallest absolute Gasteiger partial charge is 0.231 e. The number of rotatable bonds is 7. The summed E-state index contributed by atoms with van der Waals surface area (Å²) >= 11 is 7.20. The van der Waals surface area contributed by atoms with Crippen LogP contribution in [0.3, 0.4) is 0 Å². The van der Waals surface area contributed by atoms with E-state index in [4.69, 9.17) is 16.3 Å². The molecule has 1 atom stereocenters.